The zero-order chi connectivity index (χ0) is 12.2. The molecule has 1 aromatic carbocycles. The zero-order valence-corrected chi connectivity index (χ0v) is 7.96. The van der Waals surface area contributed by atoms with E-state index in [0.717, 1.165) is 18.2 Å². The second kappa shape index (κ2) is 4.90. The van der Waals surface area contributed by atoms with E-state index in [1.807, 2.05) is 0 Å². The molecule has 0 saturated carbocycles. The van der Waals surface area contributed by atoms with Crippen LogP contribution < -0.4 is 0 Å². The van der Waals surface area contributed by atoms with Crippen molar-refractivity contribution in [1.82, 2.24) is 0 Å². The average molecular weight is 233 g/mol. The van der Waals surface area contributed by atoms with E-state index in [9.17, 15) is 22.4 Å². The number of carbonyl (C=O) groups excluding carboxylic acids is 1. The van der Waals surface area contributed by atoms with Crippen LogP contribution in [-0.2, 0) is 11.0 Å². The maximum Gasteiger partial charge on any atom is 0.416 e. The highest BCUT2D eigenvalue weighted by atomic mass is 19.4. The van der Waals surface area contributed by atoms with Gasteiger partial charge in [-0.05, 0) is 17.7 Å². The third-order valence-electron chi connectivity index (χ3n) is 1.89. The van der Waals surface area contributed by atoms with E-state index < -0.39 is 24.5 Å². The van der Waals surface area contributed by atoms with Crippen molar-refractivity contribution in [2.45, 2.75) is 12.3 Å². The molecule has 86 valence electrons. The topological polar surface area (TPSA) is 29.4 Å². The Balaban J connectivity index is 2.94. The Morgan fingerprint density at radius 3 is 2.62 bits per heavy atom. The molecule has 0 radical (unpaired) electrons. The lowest BCUT2D eigenvalue weighted by Crippen LogP contribution is -2.06. The average Bonchev–Trinajstić information content (AvgIpc) is 2.25. The quantitative estimate of drug-likeness (QED) is 0.448. The van der Waals surface area contributed by atoms with Gasteiger partial charge in [-0.25, -0.2) is 14.2 Å². The Bertz CT molecular complexity index is 410. The molecule has 0 aliphatic rings. The van der Waals surface area contributed by atoms with Gasteiger partial charge in [-0.2, -0.15) is 13.2 Å². The summed E-state index contributed by atoms with van der Waals surface area (Å²) in [5.41, 5.74) is -1.09. The number of halogens is 4. The van der Waals surface area contributed by atoms with Gasteiger partial charge in [0.2, 0.25) is 6.08 Å². The largest absolute Gasteiger partial charge is 0.416 e. The number of benzene rings is 1. The Morgan fingerprint density at radius 1 is 1.38 bits per heavy atom. The van der Waals surface area contributed by atoms with E-state index in [1.165, 1.54) is 6.07 Å². The summed E-state index contributed by atoms with van der Waals surface area (Å²) in [6.45, 7) is -0.523. The highest BCUT2D eigenvalue weighted by Gasteiger charge is 2.30. The number of isocyanates is 1. The summed E-state index contributed by atoms with van der Waals surface area (Å²) in [7, 11) is 0. The smallest absolute Gasteiger partial charge is 0.240 e. The minimum atomic E-state index is -4.51. The summed E-state index contributed by atoms with van der Waals surface area (Å²) in [6.07, 6.45) is -5.12. The van der Waals surface area contributed by atoms with Gasteiger partial charge in [0, 0.05) is 0 Å². The molecule has 1 aromatic rings. The van der Waals surface area contributed by atoms with Crippen molar-refractivity contribution in [3.05, 3.63) is 35.4 Å². The minimum absolute atomic E-state index is 0.158. The third kappa shape index (κ3) is 3.17. The summed E-state index contributed by atoms with van der Waals surface area (Å²) in [6, 6.07) is 3.86. The molecule has 2 nitrogen and oxygen atoms in total. The second-order valence-corrected chi connectivity index (χ2v) is 3.02. The van der Waals surface area contributed by atoms with Gasteiger partial charge < -0.3 is 0 Å². The molecule has 0 aromatic heterocycles. The van der Waals surface area contributed by atoms with Crippen LogP contribution in [0.5, 0.6) is 0 Å². The van der Waals surface area contributed by atoms with Crippen molar-refractivity contribution in [2.75, 3.05) is 6.54 Å². The third-order valence-corrected chi connectivity index (χ3v) is 1.89. The molecule has 0 aliphatic carbocycles. The van der Waals surface area contributed by atoms with E-state index in [1.54, 1.807) is 0 Å². The van der Waals surface area contributed by atoms with Gasteiger partial charge in [0.15, 0.2) is 0 Å². The molecular formula is C10H7F4NO. The van der Waals surface area contributed by atoms with Crippen LogP contribution in [0.3, 0.4) is 0 Å². The van der Waals surface area contributed by atoms with Crippen LogP contribution in [0.25, 0.3) is 0 Å². The lowest BCUT2D eigenvalue weighted by atomic mass is 10.1. The van der Waals surface area contributed by atoms with Crippen LogP contribution in [0.4, 0.5) is 17.6 Å². The number of rotatable bonds is 3. The lowest BCUT2D eigenvalue weighted by Gasteiger charge is -2.10. The number of aliphatic imine (C=N–C) groups is 1. The Kier molecular flexibility index (Phi) is 3.79. The highest BCUT2D eigenvalue weighted by molar-refractivity contribution is 5.33. The van der Waals surface area contributed by atoms with Crippen molar-refractivity contribution in [2.24, 2.45) is 4.99 Å². The summed E-state index contributed by atoms with van der Waals surface area (Å²) < 4.78 is 50.1. The van der Waals surface area contributed by atoms with Gasteiger partial charge in [-0.3, -0.25) is 0 Å². The van der Waals surface area contributed by atoms with Crippen LogP contribution in [0.2, 0.25) is 0 Å². The van der Waals surface area contributed by atoms with E-state index >= 15 is 0 Å². The Morgan fingerprint density at radius 2 is 2.06 bits per heavy atom. The van der Waals surface area contributed by atoms with Crippen molar-refractivity contribution >= 4 is 6.08 Å². The first-order chi connectivity index (χ1) is 7.45. The van der Waals surface area contributed by atoms with Crippen LogP contribution in [0.15, 0.2) is 29.3 Å². The number of hydrogen-bond acceptors (Lipinski definition) is 2. The fourth-order valence-corrected chi connectivity index (χ4v) is 1.13. The zero-order valence-electron chi connectivity index (χ0n) is 7.96. The second-order valence-electron chi connectivity index (χ2n) is 3.02. The van der Waals surface area contributed by atoms with Crippen LogP contribution in [0.1, 0.15) is 17.3 Å². The van der Waals surface area contributed by atoms with Crippen LogP contribution >= 0.6 is 0 Å². The maximum absolute atomic E-state index is 13.3. The molecule has 0 aliphatic heterocycles. The van der Waals surface area contributed by atoms with Gasteiger partial charge in [0.1, 0.15) is 6.17 Å². The van der Waals surface area contributed by atoms with Gasteiger partial charge in [-0.15, -0.1) is 0 Å². The minimum Gasteiger partial charge on any atom is -0.240 e. The summed E-state index contributed by atoms with van der Waals surface area (Å²) >= 11 is 0. The maximum atomic E-state index is 13.3. The molecule has 0 bridgehead atoms. The monoisotopic (exact) mass is 233 g/mol. The standard InChI is InChI=1S/C10H7F4NO/c11-9(5-15-6-16)7-2-1-3-8(4-7)10(12,13)14/h1-4,9H,5H2. The molecule has 0 amide bonds. The molecular weight excluding hydrogens is 226 g/mol. The first-order valence-corrected chi connectivity index (χ1v) is 4.30. The lowest BCUT2D eigenvalue weighted by molar-refractivity contribution is -0.137. The molecule has 1 atom stereocenters. The Hall–Kier alpha value is -1.68. The normalized spacial score (nSPS) is 13.0. The van der Waals surface area contributed by atoms with Crippen LogP contribution in [-0.4, -0.2) is 12.6 Å². The molecule has 0 heterocycles. The van der Waals surface area contributed by atoms with E-state index in [0.29, 0.717) is 6.07 Å². The summed E-state index contributed by atoms with van der Waals surface area (Å²) in [5.74, 6) is 0. The van der Waals surface area contributed by atoms with Gasteiger partial charge in [-0.1, -0.05) is 12.1 Å². The van der Waals surface area contributed by atoms with Crippen molar-refractivity contribution in [1.29, 1.82) is 0 Å². The van der Waals surface area contributed by atoms with Crippen LogP contribution in [0, 0.1) is 0 Å². The fourth-order valence-electron chi connectivity index (χ4n) is 1.13. The molecule has 0 saturated heterocycles. The van der Waals surface area contributed by atoms with Gasteiger partial charge in [0.25, 0.3) is 0 Å². The predicted molar refractivity (Wildman–Crippen MR) is 48.3 cm³/mol. The molecule has 1 unspecified atom stereocenters. The van der Waals surface area contributed by atoms with E-state index in [4.69, 9.17) is 0 Å². The number of alkyl halides is 4. The van der Waals surface area contributed by atoms with Crippen molar-refractivity contribution in [3.8, 4) is 0 Å². The van der Waals surface area contributed by atoms with Crippen molar-refractivity contribution in [3.63, 3.8) is 0 Å². The van der Waals surface area contributed by atoms with Gasteiger partial charge in [0.05, 0.1) is 12.1 Å². The number of nitrogens with zero attached hydrogens (tertiary/aromatic N) is 1. The van der Waals surface area contributed by atoms with E-state index in [2.05, 4.69) is 4.99 Å². The predicted octanol–water partition coefficient (Wildman–Crippen LogP) is 3.05. The SMILES string of the molecule is O=C=NCC(F)c1cccc(C(F)(F)F)c1. The fraction of sp³-hybridized carbons (Fsp3) is 0.300. The molecule has 0 spiro atoms. The number of hydrogen-bond donors (Lipinski definition) is 0. The Labute approximate surface area is 88.6 Å². The molecule has 1 rings (SSSR count). The summed E-state index contributed by atoms with van der Waals surface area (Å²) in [5, 5.41) is 0. The van der Waals surface area contributed by atoms with E-state index in [-0.39, 0.29) is 5.56 Å². The first kappa shape index (κ1) is 12.4. The van der Waals surface area contributed by atoms with Crippen molar-refractivity contribution < 1.29 is 22.4 Å². The molecule has 0 fully saturated rings. The summed E-state index contributed by atoms with van der Waals surface area (Å²) in [4.78, 5) is 12.7. The molecule has 6 heteroatoms. The highest BCUT2D eigenvalue weighted by Crippen LogP contribution is 2.31. The van der Waals surface area contributed by atoms with Gasteiger partial charge >= 0.3 is 6.18 Å². The molecule has 0 N–H and O–H groups in total. The molecule has 16 heavy (non-hydrogen) atoms. The first-order valence-electron chi connectivity index (χ1n) is 4.30.